The third-order valence-corrected chi connectivity index (χ3v) is 3.92. The fourth-order valence-corrected chi connectivity index (χ4v) is 2.36. The topological polar surface area (TPSA) is 55.8 Å². The van der Waals surface area contributed by atoms with Crippen LogP contribution >= 0.6 is 31.9 Å². The molecule has 18 heavy (non-hydrogen) atoms. The summed E-state index contributed by atoms with van der Waals surface area (Å²) in [4.78, 5) is 11.2. The van der Waals surface area contributed by atoms with E-state index < -0.39 is 5.97 Å². The number of carboxylic acids is 1. The van der Waals surface area contributed by atoms with Gasteiger partial charge in [-0.1, -0.05) is 28.1 Å². The van der Waals surface area contributed by atoms with E-state index in [4.69, 9.17) is 0 Å². The van der Waals surface area contributed by atoms with E-state index in [9.17, 15) is 9.90 Å². The molecule has 1 aliphatic rings. The first-order valence-corrected chi connectivity index (χ1v) is 6.72. The second-order valence-electron chi connectivity index (χ2n) is 3.82. The van der Waals surface area contributed by atoms with Crippen LogP contribution in [0.2, 0.25) is 0 Å². The lowest BCUT2D eigenvalue weighted by Gasteiger charge is -2.21. The Morgan fingerprint density at radius 3 is 2.50 bits per heavy atom. The van der Waals surface area contributed by atoms with Crippen LogP contribution in [0, 0.1) is 0 Å². The minimum absolute atomic E-state index is 0.195. The number of hydrogen-bond donors (Lipinski definition) is 2. The lowest BCUT2D eigenvalue weighted by atomic mass is 10.2. The Balaban J connectivity index is 2.20. The van der Waals surface area contributed by atoms with E-state index in [1.165, 1.54) is 0 Å². The lowest BCUT2D eigenvalue weighted by Crippen LogP contribution is -2.39. The van der Waals surface area contributed by atoms with Crippen LogP contribution in [-0.4, -0.2) is 28.1 Å². The van der Waals surface area contributed by atoms with Crippen molar-refractivity contribution < 1.29 is 9.90 Å². The van der Waals surface area contributed by atoms with Crippen LogP contribution in [0.1, 0.15) is 5.56 Å². The summed E-state index contributed by atoms with van der Waals surface area (Å²) in [5.41, 5.74) is 4.16. The molecule has 1 aromatic rings. The number of rotatable bonds is 3. The second-order valence-corrected chi connectivity index (χ2v) is 5.48. The zero-order valence-electron chi connectivity index (χ0n) is 9.52. The van der Waals surface area contributed by atoms with Crippen molar-refractivity contribution in [3.05, 3.63) is 44.6 Å². The van der Waals surface area contributed by atoms with Gasteiger partial charge in [-0.2, -0.15) is 0 Å². The zero-order chi connectivity index (χ0) is 13.3. The molecule has 0 saturated heterocycles. The van der Waals surface area contributed by atoms with Crippen molar-refractivity contribution in [2.24, 2.45) is 0 Å². The van der Waals surface area contributed by atoms with Gasteiger partial charge in [-0.05, 0) is 33.6 Å². The van der Waals surface area contributed by atoms with Crippen LogP contribution in [0.25, 0.3) is 0 Å². The average Bonchev–Trinajstić information content (AvgIpc) is 2.58. The largest absolute Gasteiger partial charge is 0.476 e. The molecule has 0 atom stereocenters. The van der Waals surface area contributed by atoms with Crippen molar-refractivity contribution in [2.45, 2.75) is 6.54 Å². The third-order valence-electron chi connectivity index (χ3n) is 2.49. The Hall–Kier alpha value is -1.05. The molecule has 0 fully saturated rings. The highest BCUT2D eigenvalue weighted by Crippen LogP contribution is 2.25. The summed E-state index contributed by atoms with van der Waals surface area (Å²) in [6.07, 6.45) is 0. The average molecular weight is 377 g/mol. The maximum Gasteiger partial charge on any atom is 0.356 e. The minimum Gasteiger partial charge on any atom is -0.476 e. The summed E-state index contributed by atoms with van der Waals surface area (Å²) in [5, 5.41) is 12.4. The van der Waals surface area contributed by atoms with Gasteiger partial charge >= 0.3 is 5.97 Å². The highest BCUT2D eigenvalue weighted by Gasteiger charge is 2.30. The number of nitrogens with zero attached hydrogens (tertiary/aromatic N) is 2. The molecule has 5 nitrogen and oxygen atoms in total. The number of carboxylic acid groups (broad SMARTS) is 1. The molecule has 96 valence electrons. The van der Waals surface area contributed by atoms with Gasteiger partial charge in [0.25, 0.3) is 0 Å². The molecule has 0 aromatic heterocycles. The second kappa shape index (κ2) is 5.29. The number of halogens is 2. The van der Waals surface area contributed by atoms with Gasteiger partial charge in [0, 0.05) is 11.5 Å². The van der Waals surface area contributed by atoms with Crippen molar-refractivity contribution in [3.63, 3.8) is 0 Å². The summed E-state index contributed by atoms with van der Waals surface area (Å²) in [6.45, 7) is 0.467. The van der Waals surface area contributed by atoms with E-state index in [1.54, 1.807) is 17.1 Å². The molecule has 0 amide bonds. The van der Waals surface area contributed by atoms with E-state index in [1.807, 2.05) is 24.3 Å². The summed E-state index contributed by atoms with van der Waals surface area (Å²) in [6, 6.07) is 7.73. The van der Waals surface area contributed by atoms with Crippen molar-refractivity contribution in [1.29, 1.82) is 0 Å². The summed E-state index contributed by atoms with van der Waals surface area (Å²) in [7, 11) is 1.74. The number of benzene rings is 1. The number of hydrogen-bond acceptors (Lipinski definition) is 4. The van der Waals surface area contributed by atoms with E-state index in [2.05, 4.69) is 37.4 Å². The lowest BCUT2D eigenvalue weighted by molar-refractivity contribution is -0.134. The van der Waals surface area contributed by atoms with Crippen LogP contribution in [0.4, 0.5) is 0 Å². The molecule has 2 N–H and O–H groups in total. The molecule has 0 aliphatic carbocycles. The van der Waals surface area contributed by atoms with Gasteiger partial charge < -0.3 is 5.11 Å². The summed E-state index contributed by atoms with van der Waals surface area (Å²) in [5.74, 6) is -0.976. The van der Waals surface area contributed by atoms with E-state index in [0.29, 0.717) is 11.2 Å². The summed E-state index contributed by atoms with van der Waals surface area (Å²) < 4.78 is 1.50. The Kier molecular flexibility index (Phi) is 3.94. The molecule has 0 bridgehead atoms. The van der Waals surface area contributed by atoms with Crippen LogP contribution in [0.5, 0.6) is 0 Å². The number of hydrazine groups is 2. The predicted molar refractivity (Wildman–Crippen MR) is 74.2 cm³/mol. The molecule has 2 rings (SSSR count). The molecule has 1 aliphatic heterocycles. The van der Waals surface area contributed by atoms with Gasteiger partial charge in [0.2, 0.25) is 0 Å². The zero-order valence-corrected chi connectivity index (χ0v) is 12.7. The first-order chi connectivity index (χ1) is 8.49. The van der Waals surface area contributed by atoms with Gasteiger partial charge in [0.05, 0.1) is 6.54 Å². The first kappa shape index (κ1) is 13.4. The smallest absolute Gasteiger partial charge is 0.356 e. The summed E-state index contributed by atoms with van der Waals surface area (Å²) >= 11 is 6.61. The number of aliphatic carboxylic acids is 1. The van der Waals surface area contributed by atoms with Gasteiger partial charge in [-0.25, -0.2) is 4.79 Å². The maximum atomic E-state index is 11.2. The minimum atomic E-state index is -0.976. The quantitative estimate of drug-likeness (QED) is 0.792. The maximum absolute atomic E-state index is 11.2. The Morgan fingerprint density at radius 2 is 1.94 bits per heavy atom. The molecule has 7 heteroatoms. The molecular weight excluding hydrogens is 366 g/mol. The fraction of sp³-hybridized carbons (Fsp3) is 0.182. The first-order valence-electron chi connectivity index (χ1n) is 5.14. The highest BCUT2D eigenvalue weighted by molar-refractivity contribution is 9.11. The highest BCUT2D eigenvalue weighted by atomic mass is 79.9. The van der Waals surface area contributed by atoms with Crippen molar-refractivity contribution in [1.82, 2.24) is 15.6 Å². The van der Waals surface area contributed by atoms with Crippen LogP contribution < -0.4 is 5.53 Å². The van der Waals surface area contributed by atoms with Crippen LogP contribution in [-0.2, 0) is 11.3 Å². The monoisotopic (exact) mass is 375 g/mol. The molecule has 0 saturated carbocycles. The predicted octanol–water partition coefficient (Wildman–Crippen LogP) is 2.26. The van der Waals surface area contributed by atoms with Crippen molar-refractivity contribution in [3.8, 4) is 0 Å². The van der Waals surface area contributed by atoms with Crippen molar-refractivity contribution in [2.75, 3.05) is 7.05 Å². The number of nitrogens with one attached hydrogen (secondary N) is 1. The molecule has 1 aromatic carbocycles. The van der Waals surface area contributed by atoms with Gasteiger partial charge in [-0.3, -0.25) is 10.0 Å². The molecule has 0 radical (unpaired) electrons. The third kappa shape index (κ3) is 2.68. The van der Waals surface area contributed by atoms with E-state index in [0.717, 1.165) is 10.0 Å². The molecule has 0 unspecified atom stereocenters. The molecule has 1 heterocycles. The van der Waals surface area contributed by atoms with Crippen LogP contribution in [0.3, 0.4) is 0 Å². The Morgan fingerprint density at radius 1 is 1.33 bits per heavy atom. The number of carbonyl (C=O) groups is 1. The Labute approximate surface area is 121 Å². The van der Waals surface area contributed by atoms with Gasteiger partial charge in [0.1, 0.15) is 4.61 Å². The van der Waals surface area contributed by atoms with Crippen molar-refractivity contribution >= 4 is 37.8 Å². The van der Waals surface area contributed by atoms with Gasteiger partial charge in [-0.15, -0.1) is 5.53 Å². The normalized spacial score (nSPS) is 15.5. The molecular formula is C11H11Br2N3O2. The van der Waals surface area contributed by atoms with Gasteiger partial charge in [0.15, 0.2) is 5.70 Å². The Bertz CT molecular complexity index is 502. The van der Waals surface area contributed by atoms with E-state index >= 15 is 0 Å². The van der Waals surface area contributed by atoms with E-state index in [-0.39, 0.29) is 5.70 Å². The SMILES string of the molecule is CN1NN(Cc2ccc(Br)cc2)C(C(=O)O)=C1Br. The van der Waals surface area contributed by atoms with Crippen LogP contribution in [0.15, 0.2) is 39.0 Å². The molecule has 0 spiro atoms. The standard InChI is InChI=1S/C11H11Br2N3O2/c1-15-10(13)9(11(17)18)16(14-15)6-7-2-4-8(12)5-3-7/h2-5,14H,6H2,1H3,(H,17,18). The fourth-order valence-electron chi connectivity index (χ4n) is 1.64.